The fourth-order valence-corrected chi connectivity index (χ4v) is 2.90. The first-order chi connectivity index (χ1) is 11.3. The Morgan fingerprint density at radius 1 is 1.09 bits per heavy atom. The van der Waals surface area contributed by atoms with Gasteiger partial charge in [-0.15, -0.1) is 0 Å². The van der Waals surface area contributed by atoms with E-state index in [4.69, 9.17) is 9.47 Å². The molecule has 0 heterocycles. The lowest BCUT2D eigenvalue weighted by Gasteiger charge is -2.19. The largest absolute Gasteiger partial charge is 0.497 e. The van der Waals surface area contributed by atoms with Crippen LogP contribution < -0.4 is 14.8 Å². The molecule has 1 aliphatic rings. The van der Waals surface area contributed by atoms with E-state index in [1.165, 1.54) is 24.0 Å². The third kappa shape index (κ3) is 3.83. The molecule has 0 fully saturated rings. The van der Waals surface area contributed by atoms with E-state index < -0.39 is 0 Å². The second kappa shape index (κ2) is 7.18. The number of fused-ring (bicyclic) bond motifs is 1. The zero-order valence-corrected chi connectivity index (χ0v) is 13.3. The normalized spacial score (nSPS) is 13.1. The molecule has 1 aliphatic carbocycles. The predicted molar refractivity (Wildman–Crippen MR) is 90.2 cm³/mol. The van der Waals surface area contributed by atoms with E-state index in [9.17, 15) is 4.79 Å². The topological polar surface area (TPSA) is 47.6 Å². The quantitative estimate of drug-likeness (QED) is 0.918. The molecule has 0 saturated heterocycles. The lowest BCUT2D eigenvalue weighted by atomic mass is 9.91. The summed E-state index contributed by atoms with van der Waals surface area (Å²) in [5.41, 5.74) is 3.34. The molecule has 0 atom stereocenters. The molecule has 2 aromatic carbocycles. The van der Waals surface area contributed by atoms with Gasteiger partial charge < -0.3 is 14.8 Å². The van der Waals surface area contributed by atoms with Crippen LogP contribution in [0.25, 0.3) is 0 Å². The number of rotatable bonds is 5. The molecule has 3 rings (SSSR count). The van der Waals surface area contributed by atoms with Crippen LogP contribution >= 0.6 is 0 Å². The fraction of sp³-hybridized carbons (Fsp3) is 0.316. The molecular formula is C19H21NO3. The highest BCUT2D eigenvalue weighted by atomic mass is 16.5. The summed E-state index contributed by atoms with van der Waals surface area (Å²) in [5.74, 6) is 1.44. The van der Waals surface area contributed by atoms with Crippen LogP contribution in [-0.2, 0) is 17.6 Å². The minimum Gasteiger partial charge on any atom is -0.497 e. The number of anilines is 1. The fourth-order valence-electron chi connectivity index (χ4n) is 2.90. The van der Waals surface area contributed by atoms with Gasteiger partial charge in [0.1, 0.15) is 11.5 Å². The first-order valence-electron chi connectivity index (χ1n) is 7.94. The summed E-state index contributed by atoms with van der Waals surface area (Å²) in [6.45, 7) is 0.0164. The number of aryl methyl sites for hydroxylation is 1. The van der Waals surface area contributed by atoms with Crippen molar-refractivity contribution in [1.29, 1.82) is 0 Å². The number of hydrogen-bond acceptors (Lipinski definition) is 3. The summed E-state index contributed by atoms with van der Waals surface area (Å²) in [5, 5.41) is 2.82. The standard InChI is InChI=1S/C19H21NO3/c1-22-16-11-9-15(10-12-16)20-19(21)13-23-18-8-4-6-14-5-2-3-7-17(14)18/h4,6,8-12H,2-3,5,7,13H2,1H3,(H,20,21). The van der Waals surface area contributed by atoms with Crippen molar-refractivity contribution in [1.82, 2.24) is 0 Å². The van der Waals surface area contributed by atoms with Gasteiger partial charge in [-0.25, -0.2) is 0 Å². The van der Waals surface area contributed by atoms with E-state index in [-0.39, 0.29) is 12.5 Å². The Bertz CT molecular complexity index is 680. The van der Waals surface area contributed by atoms with Gasteiger partial charge in [-0.1, -0.05) is 12.1 Å². The lowest BCUT2D eigenvalue weighted by molar-refractivity contribution is -0.118. The molecule has 0 spiro atoms. The average molecular weight is 311 g/mol. The Hall–Kier alpha value is -2.49. The van der Waals surface area contributed by atoms with Crippen molar-refractivity contribution < 1.29 is 14.3 Å². The summed E-state index contributed by atoms with van der Waals surface area (Å²) >= 11 is 0. The van der Waals surface area contributed by atoms with Gasteiger partial charge in [0.15, 0.2) is 6.61 Å². The summed E-state index contributed by atoms with van der Waals surface area (Å²) in [6, 6.07) is 13.3. The van der Waals surface area contributed by atoms with Gasteiger partial charge in [0.2, 0.25) is 0 Å². The highest BCUT2D eigenvalue weighted by molar-refractivity contribution is 5.91. The van der Waals surface area contributed by atoms with Gasteiger partial charge in [0.25, 0.3) is 5.91 Å². The molecule has 4 heteroatoms. The Balaban J connectivity index is 1.58. The zero-order chi connectivity index (χ0) is 16.1. The maximum absolute atomic E-state index is 12.0. The minimum atomic E-state index is -0.163. The average Bonchev–Trinajstić information content (AvgIpc) is 2.60. The first kappa shape index (κ1) is 15.4. The van der Waals surface area contributed by atoms with Crippen molar-refractivity contribution in [3.05, 3.63) is 53.6 Å². The van der Waals surface area contributed by atoms with Crippen LogP contribution in [0.2, 0.25) is 0 Å². The van der Waals surface area contributed by atoms with Crippen molar-refractivity contribution >= 4 is 11.6 Å². The Morgan fingerprint density at radius 2 is 1.87 bits per heavy atom. The summed E-state index contributed by atoms with van der Waals surface area (Å²) in [4.78, 5) is 12.0. The van der Waals surface area contributed by atoms with Crippen LogP contribution in [0.15, 0.2) is 42.5 Å². The Labute approximate surface area is 136 Å². The van der Waals surface area contributed by atoms with Crippen molar-refractivity contribution in [3.63, 3.8) is 0 Å². The van der Waals surface area contributed by atoms with Gasteiger partial charge in [-0.05, 0) is 67.1 Å². The van der Waals surface area contributed by atoms with Crippen molar-refractivity contribution in [2.45, 2.75) is 25.7 Å². The SMILES string of the molecule is COc1ccc(NC(=O)COc2cccc3c2CCCC3)cc1. The summed E-state index contributed by atoms with van der Waals surface area (Å²) < 4.78 is 10.8. The molecule has 0 unspecified atom stereocenters. The van der Waals surface area contributed by atoms with E-state index in [0.717, 1.165) is 30.0 Å². The first-order valence-corrected chi connectivity index (χ1v) is 7.94. The van der Waals surface area contributed by atoms with Crippen LogP contribution in [0.3, 0.4) is 0 Å². The van der Waals surface area contributed by atoms with Crippen LogP contribution in [0.1, 0.15) is 24.0 Å². The van der Waals surface area contributed by atoms with E-state index in [1.54, 1.807) is 19.2 Å². The molecule has 1 N–H and O–H groups in total. The van der Waals surface area contributed by atoms with Crippen molar-refractivity contribution in [2.24, 2.45) is 0 Å². The van der Waals surface area contributed by atoms with Gasteiger partial charge in [0.05, 0.1) is 7.11 Å². The number of carbonyl (C=O) groups is 1. The second-order valence-electron chi connectivity index (χ2n) is 5.67. The smallest absolute Gasteiger partial charge is 0.262 e. The van der Waals surface area contributed by atoms with Crippen LogP contribution in [0.4, 0.5) is 5.69 Å². The number of benzene rings is 2. The predicted octanol–water partition coefficient (Wildman–Crippen LogP) is 3.59. The molecule has 1 amide bonds. The molecule has 0 aliphatic heterocycles. The number of amides is 1. The molecule has 2 aromatic rings. The molecule has 0 radical (unpaired) electrons. The number of carbonyl (C=O) groups excluding carboxylic acids is 1. The molecule has 120 valence electrons. The number of ether oxygens (including phenoxy) is 2. The molecule has 23 heavy (non-hydrogen) atoms. The monoisotopic (exact) mass is 311 g/mol. The lowest BCUT2D eigenvalue weighted by Crippen LogP contribution is -2.21. The van der Waals surface area contributed by atoms with E-state index in [0.29, 0.717) is 0 Å². The highest BCUT2D eigenvalue weighted by Gasteiger charge is 2.14. The number of hydrogen-bond donors (Lipinski definition) is 1. The molecule has 0 saturated carbocycles. The maximum Gasteiger partial charge on any atom is 0.262 e. The summed E-state index contributed by atoms with van der Waals surface area (Å²) in [7, 11) is 1.61. The van der Waals surface area contributed by atoms with Crippen LogP contribution in [0, 0.1) is 0 Å². The molecule has 4 nitrogen and oxygen atoms in total. The van der Waals surface area contributed by atoms with Crippen molar-refractivity contribution in [2.75, 3.05) is 19.0 Å². The third-order valence-corrected chi connectivity index (χ3v) is 4.09. The van der Waals surface area contributed by atoms with E-state index in [2.05, 4.69) is 11.4 Å². The number of nitrogens with one attached hydrogen (secondary N) is 1. The van der Waals surface area contributed by atoms with E-state index in [1.807, 2.05) is 24.3 Å². The molecular weight excluding hydrogens is 290 g/mol. The number of methoxy groups -OCH3 is 1. The maximum atomic E-state index is 12.0. The van der Waals surface area contributed by atoms with Gasteiger partial charge >= 0.3 is 0 Å². The van der Waals surface area contributed by atoms with Gasteiger partial charge in [-0.3, -0.25) is 4.79 Å². The zero-order valence-electron chi connectivity index (χ0n) is 13.3. The van der Waals surface area contributed by atoms with Crippen LogP contribution in [-0.4, -0.2) is 19.6 Å². The Kier molecular flexibility index (Phi) is 4.81. The highest BCUT2D eigenvalue weighted by Crippen LogP contribution is 2.29. The van der Waals surface area contributed by atoms with Gasteiger partial charge in [-0.2, -0.15) is 0 Å². The molecule has 0 aromatic heterocycles. The van der Waals surface area contributed by atoms with Gasteiger partial charge in [0, 0.05) is 5.69 Å². The Morgan fingerprint density at radius 3 is 2.65 bits per heavy atom. The minimum absolute atomic E-state index is 0.0164. The van der Waals surface area contributed by atoms with E-state index >= 15 is 0 Å². The van der Waals surface area contributed by atoms with Crippen molar-refractivity contribution in [3.8, 4) is 11.5 Å². The van der Waals surface area contributed by atoms with Crippen LogP contribution in [0.5, 0.6) is 11.5 Å². The third-order valence-electron chi connectivity index (χ3n) is 4.09. The molecule has 0 bridgehead atoms. The second-order valence-corrected chi connectivity index (χ2v) is 5.67. The summed E-state index contributed by atoms with van der Waals surface area (Å²) in [6.07, 6.45) is 4.55.